The molecule has 1 rings (SSSR count). The fourth-order valence-corrected chi connectivity index (χ4v) is 4.09. The first-order chi connectivity index (χ1) is 17.5. The van der Waals surface area contributed by atoms with Crippen LogP contribution in [0, 0.1) is 5.92 Å². The van der Waals surface area contributed by atoms with Crippen molar-refractivity contribution >= 4 is 17.9 Å². The molecule has 3 atom stereocenters. The molecule has 0 radical (unpaired) electrons. The molecule has 2 N–H and O–H groups in total. The van der Waals surface area contributed by atoms with E-state index in [4.69, 9.17) is 4.74 Å². The highest BCUT2D eigenvalue weighted by molar-refractivity contribution is 5.92. The molecule has 0 saturated heterocycles. The molecule has 1 aromatic rings. The summed E-state index contributed by atoms with van der Waals surface area (Å²) in [4.78, 5) is 42.2. The number of hydrogen-bond acceptors (Lipinski definition) is 4. The van der Waals surface area contributed by atoms with E-state index in [0.717, 1.165) is 44.1 Å². The summed E-state index contributed by atoms with van der Waals surface area (Å²) >= 11 is 0. The van der Waals surface area contributed by atoms with Crippen LogP contribution < -0.4 is 10.6 Å². The van der Waals surface area contributed by atoms with Crippen LogP contribution in [0.1, 0.15) is 111 Å². The minimum absolute atomic E-state index is 0.139. The summed E-state index contributed by atoms with van der Waals surface area (Å²) in [5.41, 5.74) is 1.26. The van der Waals surface area contributed by atoms with Crippen LogP contribution in [0.3, 0.4) is 0 Å². The van der Waals surface area contributed by atoms with Gasteiger partial charge in [-0.05, 0) is 57.1 Å². The zero-order valence-corrected chi connectivity index (χ0v) is 24.5. The van der Waals surface area contributed by atoms with Crippen LogP contribution in [0.15, 0.2) is 24.3 Å². The Morgan fingerprint density at radius 2 is 1.57 bits per heavy atom. The lowest BCUT2D eigenvalue weighted by atomic mass is 9.95. The molecule has 0 aliphatic rings. The SMILES string of the molecule is CCCCCN(C(=O)C(NC(=O)OC(C)(C)C)C(C)CC)C(C(=O)NCCCC)c1ccc(CC)cc1. The van der Waals surface area contributed by atoms with E-state index in [1.54, 1.807) is 25.7 Å². The molecule has 3 unspecified atom stereocenters. The van der Waals surface area contributed by atoms with E-state index >= 15 is 0 Å². The number of carbonyl (C=O) groups excluding carboxylic acids is 3. The van der Waals surface area contributed by atoms with Crippen LogP contribution in [0.4, 0.5) is 4.79 Å². The van der Waals surface area contributed by atoms with Gasteiger partial charge in [-0.2, -0.15) is 0 Å². The van der Waals surface area contributed by atoms with Crippen molar-refractivity contribution in [3.8, 4) is 0 Å². The van der Waals surface area contributed by atoms with E-state index in [2.05, 4.69) is 31.4 Å². The van der Waals surface area contributed by atoms with Gasteiger partial charge in [-0.25, -0.2) is 4.79 Å². The molecule has 3 amide bonds. The van der Waals surface area contributed by atoms with Gasteiger partial charge in [0.25, 0.3) is 0 Å². The highest BCUT2D eigenvalue weighted by Gasteiger charge is 2.37. The Balaban J connectivity index is 3.47. The minimum atomic E-state index is -0.803. The van der Waals surface area contributed by atoms with Crippen LogP contribution in [-0.2, 0) is 20.7 Å². The highest BCUT2D eigenvalue weighted by atomic mass is 16.6. The topological polar surface area (TPSA) is 87.7 Å². The summed E-state index contributed by atoms with van der Waals surface area (Å²) in [5.74, 6) is -0.589. The third-order valence-corrected chi connectivity index (χ3v) is 6.53. The van der Waals surface area contributed by atoms with Crippen LogP contribution in [0.5, 0.6) is 0 Å². The van der Waals surface area contributed by atoms with Crippen molar-refractivity contribution < 1.29 is 19.1 Å². The van der Waals surface area contributed by atoms with Crippen LogP contribution in [0.2, 0.25) is 0 Å². The Bertz CT molecular complexity index is 832. The number of aryl methyl sites for hydroxylation is 1. The third-order valence-electron chi connectivity index (χ3n) is 6.53. The van der Waals surface area contributed by atoms with Gasteiger partial charge in [0.15, 0.2) is 0 Å². The summed E-state index contributed by atoms with van der Waals surface area (Å²) in [6.07, 6.45) is 5.49. The maximum absolute atomic E-state index is 14.2. The number of nitrogens with zero attached hydrogens (tertiary/aromatic N) is 1. The Labute approximate surface area is 225 Å². The van der Waals surface area contributed by atoms with Crippen molar-refractivity contribution in [2.75, 3.05) is 13.1 Å². The molecule has 37 heavy (non-hydrogen) atoms. The number of benzene rings is 1. The normalized spacial score (nSPS) is 13.8. The van der Waals surface area contributed by atoms with E-state index in [0.29, 0.717) is 19.5 Å². The molecule has 0 aromatic heterocycles. The zero-order chi connectivity index (χ0) is 28.0. The second-order valence-corrected chi connectivity index (χ2v) is 10.9. The molecule has 0 aliphatic heterocycles. The fourth-order valence-electron chi connectivity index (χ4n) is 4.09. The summed E-state index contributed by atoms with van der Waals surface area (Å²) in [5, 5.41) is 5.87. The van der Waals surface area contributed by atoms with Crippen molar-refractivity contribution in [2.24, 2.45) is 5.92 Å². The molecule has 1 aromatic carbocycles. The predicted octanol–water partition coefficient (Wildman–Crippen LogP) is 6.16. The summed E-state index contributed by atoms with van der Waals surface area (Å²) in [6.45, 7) is 16.6. The van der Waals surface area contributed by atoms with Gasteiger partial charge < -0.3 is 20.3 Å². The van der Waals surface area contributed by atoms with E-state index in [-0.39, 0.29) is 17.7 Å². The van der Waals surface area contributed by atoms with Gasteiger partial charge in [0.2, 0.25) is 11.8 Å². The zero-order valence-electron chi connectivity index (χ0n) is 24.5. The number of amides is 3. The lowest BCUT2D eigenvalue weighted by Gasteiger charge is -2.36. The van der Waals surface area contributed by atoms with Gasteiger partial charge in [0, 0.05) is 13.1 Å². The minimum Gasteiger partial charge on any atom is -0.444 e. The quantitative estimate of drug-likeness (QED) is 0.273. The standard InChI is InChI=1S/C30H51N3O4/c1-9-13-15-21-33(28(35)25(22(5)11-3)32-29(36)37-30(6,7)8)26(27(34)31-20-14-10-2)24-18-16-23(12-4)17-19-24/h16-19,22,25-26H,9-15,20-21H2,1-8H3,(H,31,34)(H,32,36). The monoisotopic (exact) mass is 517 g/mol. The van der Waals surface area contributed by atoms with Gasteiger partial charge in [-0.3, -0.25) is 9.59 Å². The number of rotatable bonds is 15. The second kappa shape index (κ2) is 16.3. The van der Waals surface area contributed by atoms with Gasteiger partial charge in [0.1, 0.15) is 17.7 Å². The number of ether oxygens (including phenoxy) is 1. The van der Waals surface area contributed by atoms with Crippen molar-refractivity contribution in [3.05, 3.63) is 35.4 Å². The second-order valence-electron chi connectivity index (χ2n) is 10.9. The van der Waals surface area contributed by atoms with Crippen molar-refractivity contribution in [2.45, 2.75) is 118 Å². The maximum atomic E-state index is 14.2. The van der Waals surface area contributed by atoms with Crippen LogP contribution in [0.25, 0.3) is 0 Å². The van der Waals surface area contributed by atoms with E-state index in [1.807, 2.05) is 38.1 Å². The number of nitrogens with one attached hydrogen (secondary N) is 2. The Hall–Kier alpha value is -2.57. The number of hydrogen-bond donors (Lipinski definition) is 2. The third kappa shape index (κ3) is 11.1. The summed E-state index contributed by atoms with van der Waals surface area (Å²) in [7, 11) is 0. The summed E-state index contributed by atoms with van der Waals surface area (Å²) < 4.78 is 5.47. The van der Waals surface area contributed by atoms with Gasteiger partial charge in [-0.15, -0.1) is 0 Å². The van der Waals surface area contributed by atoms with E-state index in [9.17, 15) is 14.4 Å². The average Bonchev–Trinajstić information content (AvgIpc) is 2.85. The molecule has 7 nitrogen and oxygen atoms in total. The molecule has 0 saturated carbocycles. The van der Waals surface area contributed by atoms with E-state index in [1.165, 1.54) is 5.56 Å². The Morgan fingerprint density at radius 3 is 2.08 bits per heavy atom. The average molecular weight is 518 g/mol. The van der Waals surface area contributed by atoms with E-state index < -0.39 is 23.8 Å². The molecule has 0 heterocycles. The highest BCUT2D eigenvalue weighted by Crippen LogP contribution is 2.26. The largest absolute Gasteiger partial charge is 0.444 e. The smallest absolute Gasteiger partial charge is 0.408 e. The number of carbonyl (C=O) groups is 3. The molecule has 210 valence electrons. The molecule has 0 fully saturated rings. The molecular weight excluding hydrogens is 466 g/mol. The van der Waals surface area contributed by atoms with Gasteiger partial charge >= 0.3 is 6.09 Å². The van der Waals surface area contributed by atoms with Crippen molar-refractivity contribution in [1.29, 1.82) is 0 Å². The molecule has 0 spiro atoms. The lowest BCUT2D eigenvalue weighted by Crippen LogP contribution is -2.55. The first kappa shape index (κ1) is 32.5. The predicted molar refractivity (Wildman–Crippen MR) is 150 cm³/mol. The summed E-state index contributed by atoms with van der Waals surface area (Å²) in [6, 6.07) is 6.34. The number of alkyl carbamates (subject to hydrolysis) is 1. The van der Waals surface area contributed by atoms with Gasteiger partial charge in [-0.1, -0.05) is 84.6 Å². The van der Waals surface area contributed by atoms with Crippen molar-refractivity contribution in [3.63, 3.8) is 0 Å². The van der Waals surface area contributed by atoms with Crippen LogP contribution in [-0.4, -0.2) is 47.5 Å². The van der Waals surface area contributed by atoms with Crippen LogP contribution >= 0.6 is 0 Å². The maximum Gasteiger partial charge on any atom is 0.408 e. The first-order valence-corrected chi connectivity index (χ1v) is 14.1. The fraction of sp³-hybridized carbons (Fsp3) is 0.700. The van der Waals surface area contributed by atoms with Crippen molar-refractivity contribution in [1.82, 2.24) is 15.5 Å². The molecule has 7 heteroatoms. The molecule has 0 bridgehead atoms. The first-order valence-electron chi connectivity index (χ1n) is 14.1. The lowest BCUT2D eigenvalue weighted by molar-refractivity contribution is -0.143. The number of unbranched alkanes of at least 4 members (excludes halogenated alkanes) is 3. The Kier molecular flexibility index (Phi) is 14.3. The molecular formula is C30H51N3O4. The molecule has 0 aliphatic carbocycles. The Morgan fingerprint density at radius 1 is 0.946 bits per heavy atom. The van der Waals surface area contributed by atoms with Gasteiger partial charge in [0.05, 0.1) is 0 Å².